The fourth-order valence-corrected chi connectivity index (χ4v) is 4.05. The molecular formula is C14H12O6S2. The van der Waals surface area contributed by atoms with Crippen LogP contribution < -0.4 is 0 Å². The largest absolute Gasteiger partial charge is 0.308 e. The van der Waals surface area contributed by atoms with E-state index in [1.54, 1.807) is 36.4 Å². The van der Waals surface area contributed by atoms with Gasteiger partial charge >= 0.3 is 20.2 Å². The minimum atomic E-state index is -5.18. The molecule has 0 spiro atoms. The van der Waals surface area contributed by atoms with E-state index in [1.807, 2.05) is 0 Å². The molecule has 0 saturated heterocycles. The molecule has 2 N–H and O–H groups in total. The average molecular weight is 340 g/mol. The summed E-state index contributed by atoms with van der Waals surface area (Å²) in [5, 5.41) is 0. The van der Waals surface area contributed by atoms with Crippen LogP contribution in [0.15, 0.2) is 64.9 Å². The third-order valence-corrected chi connectivity index (χ3v) is 5.41. The summed E-state index contributed by atoms with van der Waals surface area (Å²) >= 11 is 0. The lowest BCUT2D eigenvalue weighted by Gasteiger charge is -2.12. The molecule has 2 aromatic carbocycles. The van der Waals surface area contributed by atoms with Crippen molar-refractivity contribution in [2.45, 2.75) is 0 Å². The molecule has 22 heavy (non-hydrogen) atoms. The van der Waals surface area contributed by atoms with Gasteiger partial charge in [0.15, 0.2) is 0 Å². The predicted octanol–water partition coefficient (Wildman–Crippen LogP) is 2.18. The van der Waals surface area contributed by atoms with Crippen molar-refractivity contribution < 1.29 is 25.9 Å². The highest BCUT2D eigenvalue weighted by Crippen LogP contribution is 2.31. The molecule has 2 rings (SSSR count). The Morgan fingerprint density at radius 3 is 1.23 bits per heavy atom. The summed E-state index contributed by atoms with van der Waals surface area (Å²) < 4.78 is 63.2. The molecule has 0 bridgehead atoms. The van der Waals surface area contributed by atoms with Gasteiger partial charge in [0.1, 0.15) is 0 Å². The molecule has 0 aliphatic carbocycles. The van der Waals surface area contributed by atoms with Crippen LogP contribution in [-0.2, 0) is 20.2 Å². The van der Waals surface area contributed by atoms with E-state index in [2.05, 4.69) is 0 Å². The average Bonchev–Trinajstić information content (AvgIpc) is 2.44. The topological polar surface area (TPSA) is 109 Å². The molecule has 0 unspecified atom stereocenters. The molecule has 0 atom stereocenters. The van der Waals surface area contributed by atoms with Gasteiger partial charge in [0, 0.05) is 5.57 Å². The fourth-order valence-electron chi connectivity index (χ4n) is 2.00. The fraction of sp³-hybridized carbons (Fsp3) is 0. The number of hydrogen-bond donors (Lipinski definition) is 2. The Morgan fingerprint density at radius 2 is 0.955 bits per heavy atom. The Bertz CT molecular complexity index is 823. The van der Waals surface area contributed by atoms with Crippen LogP contribution in [0.1, 0.15) is 11.1 Å². The van der Waals surface area contributed by atoms with Crippen molar-refractivity contribution in [3.05, 3.63) is 76.0 Å². The van der Waals surface area contributed by atoms with E-state index < -0.39 is 24.5 Å². The van der Waals surface area contributed by atoms with Crippen LogP contribution in [0.2, 0.25) is 0 Å². The van der Waals surface area contributed by atoms with Gasteiger partial charge in [-0.3, -0.25) is 9.11 Å². The highest BCUT2D eigenvalue weighted by atomic mass is 32.3. The maximum atomic E-state index is 11.5. The molecule has 0 aliphatic rings. The van der Waals surface area contributed by atoms with Crippen LogP contribution in [-0.4, -0.2) is 25.9 Å². The normalized spacial score (nSPS) is 11.9. The van der Waals surface area contributed by atoms with E-state index in [0.717, 1.165) is 0 Å². The van der Waals surface area contributed by atoms with Crippen molar-refractivity contribution in [3.63, 3.8) is 0 Å². The summed E-state index contributed by atoms with van der Waals surface area (Å²) in [6.07, 6.45) is 0. The summed E-state index contributed by atoms with van der Waals surface area (Å²) in [6, 6.07) is 15.5. The monoisotopic (exact) mass is 340 g/mol. The smallest absolute Gasteiger partial charge is 0.281 e. The van der Waals surface area contributed by atoms with Crippen LogP contribution in [0.4, 0.5) is 0 Å². The van der Waals surface area contributed by atoms with Gasteiger partial charge in [-0.2, -0.15) is 16.8 Å². The molecule has 0 saturated carbocycles. The van der Waals surface area contributed by atoms with E-state index in [1.165, 1.54) is 24.3 Å². The molecule has 2 aromatic rings. The molecule has 0 aromatic heterocycles. The second-order valence-corrected chi connectivity index (χ2v) is 7.32. The number of rotatable bonds is 4. The van der Waals surface area contributed by atoms with Gasteiger partial charge in [0.05, 0.1) is 0 Å². The van der Waals surface area contributed by atoms with Crippen molar-refractivity contribution in [1.82, 2.24) is 0 Å². The molecule has 116 valence electrons. The third-order valence-electron chi connectivity index (χ3n) is 2.80. The Balaban J connectivity index is 2.98. The van der Waals surface area contributed by atoms with Gasteiger partial charge in [-0.15, -0.1) is 0 Å². The van der Waals surface area contributed by atoms with Crippen molar-refractivity contribution in [3.8, 4) is 0 Å². The lowest BCUT2D eigenvalue weighted by atomic mass is 10.00. The predicted molar refractivity (Wildman–Crippen MR) is 82.0 cm³/mol. The first kappa shape index (κ1) is 16.4. The van der Waals surface area contributed by atoms with Crippen molar-refractivity contribution in [2.75, 3.05) is 0 Å². The van der Waals surface area contributed by atoms with E-state index >= 15 is 0 Å². The minimum absolute atomic E-state index is 0.221. The first-order chi connectivity index (χ1) is 10.2. The summed E-state index contributed by atoms with van der Waals surface area (Å²) in [5.41, 5.74) is 0.143. The van der Waals surface area contributed by atoms with Crippen molar-refractivity contribution >= 4 is 25.8 Å². The Labute approximate surface area is 128 Å². The van der Waals surface area contributed by atoms with E-state index in [9.17, 15) is 25.9 Å². The van der Waals surface area contributed by atoms with Crippen LogP contribution in [0.3, 0.4) is 0 Å². The highest BCUT2D eigenvalue weighted by molar-refractivity contribution is 8.09. The molecule has 0 radical (unpaired) electrons. The van der Waals surface area contributed by atoms with Crippen LogP contribution in [0, 0.1) is 0 Å². The Kier molecular flexibility index (Phi) is 4.47. The Hall–Kier alpha value is -2.00. The zero-order valence-electron chi connectivity index (χ0n) is 11.1. The summed E-state index contributed by atoms with van der Waals surface area (Å²) in [7, 11) is -10.4. The second-order valence-electron chi connectivity index (χ2n) is 4.34. The lowest BCUT2D eigenvalue weighted by Crippen LogP contribution is -2.15. The maximum Gasteiger partial charge on any atom is 0.308 e. The van der Waals surface area contributed by atoms with Gasteiger partial charge < -0.3 is 0 Å². The zero-order valence-corrected chi connectivity index (χ0v) is 12.8. The van der Waals surface area contributed by atoms with Gasteiger partial charge in [-0.05, 0) is 11.1 Å². The van der Waals surface area contributed by atoms with Gasteiger partial charge in [-0.1, -0.05) is 60.7 Å². The molecule has 6 nitrogen and oxygen atoms in total. The number of benzene rings is 2. The van der Waals surface area contributed by atoms with Crippen LogP contribution in [0.5, 0.6) is 0 Å². The van der Waals surface area contributed by atoms with Gasteiger partial charge in [0.25, 0.3) is 0 Å². The highest BCUT2D eigenvalue weighted by Gasteiger charge is 2.32. The van der Waals surface area contributed by atoms with Crippen molar-refractivity contribution in [2.24, 2.45) is 0 Å². The van der Waals surface area contributed by atoms with Crippen LogP contribution in [0.25, 0.3) is 5.57 Å². The zero-order chi connectivity index (χ0) is 16.4. The molecule has 0 heterocycles. The minimum Gasteiger partial charge on any atom is -0.281 e. The van der Waals surface area contributed by atoms with Crippen molar-refractivity contribution in [1.29, 1.82) is 0 Å². The van der Waals surface area contributed by atoms with E-state index in [-0.39, 0.29) is 16.7 Å². The maximum absolute atomic E-state index is 11.5. The second kappa shape index (κ2) is 6.01. The van der Waals surface area contributed by atoms with E-state index in [0.29, 0.717) is 0 Å². The third kappa shape index (κ3) is 3.60. The lowest BCUT2D eigenvalue weighted by molar-refractivity contribution is 0.480. The Morgan fingerprint density at radius 1 is 0.636 bits per heavy atom. The molecule has 0 fully saturated rings. The van der Waals surface area contributed by atoms with Crippen LogP contribution >= 0.6 is 0 Å². The van der Waals surface area contributed by atoms with E-state index in [4.69, 9.17) is 0 Å². The van der Waals surface area contributed by atoms with Gasteiger partial charge in [-0.25, -0.2) is 0 Å². The molecule has 8 heteroatoms. The summed E-state index contributed by atoms with van der Waals surface area (Å²) in [4.78, 5) is 0. The molecule has 0 aliphatic heterocycles. The molecular weight excluding hydrogens is 328 g/mol. The summed E-state index contributed by atoms with van der Waals surface area (Å²) in [6.45, 7) is 0. The standard InChI is InChI=1S/C14H12O6S2/c15-21(16,17)14(22(18,19)20)13(11-7-3-1-4-8-11)12-9-5-2-6-10-12/h1-10H,(H,15,16,17)(H,18,19,20). The first-order valence-corrected chi connectivity index (χ1v) is 8.89. The summed E-state index contributed by atoms with van der Waals surface area (Å²) in [5.74, 6) is 0. The molecule has 0 amide bonds. The number of hydrogen-bond acceptors (Lipinski definition) is 4. The van der Waals surface area contributed by atoms with Gasteiger partial charge in [0.2, 0.25) is 4.24 Å². The first-order valence-electron chi connectivity index (χ1n) is 6.01. The quantitative estimate of drug-likeness (QED) is 0.826. The SMILES string of the molecule is O=S(=O)(O)C(=C(c1ccccc1)c1ccccc1)S(=O)(=O)O.